The molecule has 0 aromatic heterocycles. The zero-order chi connectivity index (χ0) is 25.0. The second kappa shape index (κ2) is 14.3. The molecule has 0 aliphatic heterocycles. The molecule has 190 valence electrons. The van der Waals surface area contributed by atoms with Gasteiger partial charge in [0.15, 0.2) is 0 Å². The third kappa shape index (κ3) is 8.00. The topological polar surface area (TPSA) is 0 Å². The predicted octanol–water partition coefficient (Wildman–Crippen LogP) is 10.6. The van der Waals surface area contributed by atoms with Gasteiger partial charge in [0.1, 0.15) is 0 Å². The summed E-state index contributed by atoms with van der Waals surface area (Å²) in [5, 5.41) is 2.61. The van der Waals surface area contributed by atoms with Crippen molar-refractivity contribution in [3.63, 3.8) is 0 Å². The van der Waals surface area contributed by atoms with Crippen molar-refractivity contribution in [3.05, 3.63) is 82.9 Å². The lowest BCUT2D eigenvalue weighted by molar-refractivity contribution is 0.302. The van der Waals surface area contributed by atoms with E-state index in [0.717, 1.165) is 23.0 Å². The lowest BCUT2D eigenvalue weighted by Crippen LogP contribution is -2.13. The van der Waals surface area contributed by atoms with Gasteiger partial charge in [0, 0.05) is 11.1 Å². The van der Waals surface area contributed by atoms with Crippen LogP contribution in [0.4, 0.5) is 0 Å². The summed E-state index contributed by atoms with van der Waals surface area (Å²) in [6.45, 7) is 4.57. The molecule has 0 nitrogen and oxygen atoms in total. The lowest BCUT2D eigenvalue weighted by Gasteiger charge is -2.29. The molecular weight excluding hydrogens is 432 g/mol. The highest BCUT2D eigenvalue weighted by Crippen LogP contribution is 2.37. The molecule has 1 aliphatic carbocycles. The predicted molar refractivity (Wildman–Crippen MR) is 158 cm³/mol. The van der Waals surface area contributed by atoms with Gasteiger partial charge in [-0.15, -0.1) is 0 Å². The molecule has 0 bridgehead atoms. The van der Waals surface area contributed by atoms with Gasteiger partial charge in [0.05, 0.1) is 0 Å². The van der Waals surface area contributed by atoms with Crippen LogP contribution in [-0.4, -0.2) is 0 Å². The summed E-state index contributed by atoms with van der Waals surface area (Å²) in [6.07, 6.45) is 19.1. The van der Waals surface area contributed by atoms with Crippen LogP contribution in [0.3, 0.4) is 0 Å². The standard InChI is InChI=1S/C36H46/c1-3-5-7-9-11-29-15-21-33(22-16-29)34-23-17-30(18-24-34)13-14-32-20-26-35-27-31(12-10-8-6-4-2)19-25-36(35)28-32/h17-20,23-29,33H,3-12,15-16,21-22H2,1-2H3. The molecule has 3 aromatic carbocycles. The Morgan fingerprint density at radius 2 is 1.25 bits per heavy atom. The molecular formula is C36H46. The minimum Gasteiger partial charge on any atom is -0.0654 e. The van der Waals surface area contributed by atoms with Crippen LogP contribution in [0.25, 0.3) is 10.8 Å². The number of rotatable bonds is 11. The smallest absolute Gasteiger partial charge is 0.0255 e. The average molecular weight is 479 g/mol. The molecule has 0 radical (unpaired) electrons. The number of aryl methyl sites for hydroxylation is 1. The van der Waals surface area contributed by atoms with Crippen molar-refractivity contribution >= 4 is 10.8 Å². The Bertz CT molecular complexity index is 1120. The summed E-state index contributed by atoms with van der Waals surface area (Å²) in [5.74, 6) is 8.52. The second-order valence-corrected chi connectivity index (χ2v) is 11.1. The zero-order valence-electron chi connectivity index (χ0n) is 22.8. The van der Waals surface area contributed by atoms with E-state index in [1.807, 2.05) is 0 Å². The van der Waals surface area contributed by atoms with Gasteiger partial charge in [-0.2, -0.15) is 0 Å². The summed E-state index contributed by atoms with van der Waals surface area (Å²) < 4.78 is 0. The maximum absolute atomic E-state index is 3.40. The summed E-state index contributed by atoms with van der Waals surface area (Å²) in [5.41, 5.74) is 5.18. The SMILES string of the molecule is CCCCCCc1ccc2cc(C#Cc3ccc(C4CCC(CCCCCC)CC4)cc3)ccc2c1. The van der Waals surface area contributed by atoms with Gasteiger partial charge in [0.25, 0.3) is 0 Å². The van der Waals surface area contributed by atoms with E-state index < -0.39 is 0 Å². The monoisotopic (exact) mass is 478 g/mol. The Morgan fingerprint density at radius 3 is 2.00 bits per heavy atom. The van der Waals surface area contributed by atoms with Gasteiger partial charge >= 0.3 is 0 Å². The Morgan fingerprint density at radius 1 is 0.611 bits per heavy atom. The molecule has 1 aliphatic rings. The molecule has 3 aromatic rings. The van der Waals surface area contributed by atoms with Crippen molar-refractivity contribution in [2.45, 2.75) is 110 Å². The Balaban J connectivity index is 1.29. The molecule has 0 amide bonds. The van der Waals surface area contributed by atoms with Gasteiger partial charge in [-0.3, -0.25) is 0 Å². The molecule has 1 saturated carbocycles. The molecule has 36 heavy (non-hydrogen) atoms. The Labute approximate surface area is 220 Å². The van der Waals surface area contributed by atoms with Crippen molar-refractivity contribution in [1.29, 1.82) is 0 Å². The van der Waals surface area contributed by atoms with E-state index in [0.29, 0.717) is 0 Å². The molecule has 1 fully saturated rings. The van der Waals surface area contributed by atoms with Crippen LogP contribution < -0.4 is 0 Å². The largest absolute Gasteiger partial charge is 0.0654 e. The lowest BCUT2D eigenvalue weighted by atomic mass is 9.77. The van der Waals surface area contributed by atoms with E-state index in [9.17, 15) is 0 Å². The van der Waals surface area contributed by atoms with Crippen LogP contribution >= 0.6 is 0 Å². The van der Waals surface area contributed by atoms with E-state index >= 15 is 0 Å². The third-order valence-corrected chi connectivity index (χ3v) is 8.27. The van der Waals surface area contributed by atoms with Crippen LogP contribution in [0.1, 0.15) is 125 Å². The van der Waals surface area contributed by atoms with Crippen LogP contribution in [0.5, 0.6) is 0 Å². The average Bonchev–Trinajstić information content (AvgIpc) is 2.93. The molecule has 0 unspecified atom stereocenters. The quantitative estimate of drug-likeness (QED) is 0.190. The molecule has 0 saturated heterocycles. The summed E-state index contributed by atoms with van der Waals surface area (Å²) in [6, 6.07) is 22.7. The van der Waals surface area contributed by atoms with Gasteiger partial charge in [0.2, 0.25) is 0 Å². The van der Waals surface area contributed by atoms with Gasteiger partial charge in [-0.05, 0) is 96.5 Å². The van der Waals surface area contributed by atoms with Crippen LogP contribution in [0.15, 0.2) is 60.7 Å². The zero-order valence-corrected chi connectivity index (χ0v) is 22.8. The minimum absolute atomic E-state index is 0.746. The fourth-order valence-corrected chi connectivity index (χ4v) is 5.91. The first kappa shape index (κ1) is 26.5. The van der Waals surface area contributed by atoms with E-state index in [1.54, 1.807) is 0 Å². The van der Waals surface area contributed by atoms with E-state index in [-0.39, 0.29) is 0 Å². The van der Waals surface area contributed by atoms with Crippen molar-refractivity contribution in [2.24, 2.45) is 5.92 Å². The summed E-state index contributed by atoms with van der Waals surface area (Å²) in [7, 11) is 0. The Kier molecular flexibility index (Phi) is 10.5. The highest BCUT2D eigenvalue weighted by atomic mass is 14.3. The first-order valence-corrected chi connectivity index (χ1v) is 14.9. The summed E-state index contributed by atoms with van der Waals surface area (Å²) in [4.78, 5) is 0. The third-order valence-electron chi connectivity index (χ3n) is 8.27. The number of fused-ring (bicyclic) bond motifs is 1. The van der Waals surface area contributed by atoms with E-state index in [4.69, 9.17) is 0 Å². The summed E-state index contributed by atoms with van der Waals surface area (Å²) >= 11 is 0. The second-order valence-electron chi connectivity index (χ2n) is 11.1. The van der Waals surface area contributed by atoms with Gasteiger partial charge in [-0.1, -0.05) is 113 Å². The van der Waals surface area contributed by atoms with E-state index in [1.165, 1.54) is 112 Å². The fraction of sp³-hybridized carbons (Fsp3) is 0.500. The first-order valence-electron chi connectivity index (χ1n) is 14.9. The molecule has 0 atom stereocenters. The van der Waals surface area contributed by atoms with Crippen molar-refractivity contribution in [3.8, 4) is 11.8 Å². The molecule has 0 heterocycles. The maximum Gasteiger partial charge on any atom is 0.0255 e. The van der Waals surface area contributed by atoms with Crippen LogP contribution in [-0.2, 0) is 6.42 Å². The number of benzene rings is 3. The number of hydrogen-bond donors (Lipinski definition) is 0. The van der Waals surface area contributed by atoms with Crippen LogP contribution in [0, 0.1) is 17.8 Å². The van der Waals surface area contributed by atoms with Crippen molar-refractivity contribution in [1.82, 2.24) is 0 Å². The fourth-order valence-electron chi connectivity index (χ4n) is 5.91. The first-order chi connectivity index (χ1) is 17.7. The Hall–Kier alpha value is -2.52. The normalized spacial score (nSPS) is 17.6. The molecule has 0 spiro atoms. The number of unbranched alkanes of at least 4 members (excludes halogenated alkanes) is 6. The molecule has 0 N–H and O–H groups in total. The highest BCUT2D eigenvalue weighted by molar-refractivity contribution is 5.84. The van der Waals surface area contributed by atoms with Gasteiger partial charge < -0.3 is 0 Å². The number of hydrogen-bond acceptors (Lipinski definition) is 0. The molecule has 4 rings (SSSR count). The van der Waals surface area contributed by atoms with Crippen molar-refractivity contribution in [2.75, 3.05) is 0 Å². The van der Waals surface area contributed by atoms with Crippen molar-refractivity contribution < 1.29 is 0 Å². The van der Waals surface area contributed by atoms with Crippen LogP contribution in [0.2, 0.25) is 0 Å². The molecule has 0 heteroatoms. The minimum atomic E-state index is 0.746. The van der Waals surface area contributed by atoms with E-state index in [2.05, 4.69) is 86.4 Å². The van der Waals surface area contributed by atoms with Gasteiger partial charge in [-0.25, -0.2) is 0 Å². The maximum atomic E-state index is 3.40. The highest BCUT2D eigenvalue weighted by Gasteiger charge is 2.21.